The van der Waals surface area contributed by atoms with Crippen molar-refractivity contribution in [1.82, 2.24) is 0 Å². The van der Waals surface area contributed by atoms with Crippen LogP contribution in [0.3, 0.4) is 0 Å². The van der Waals surface area contributed by atoms with Crippen LogP contribution in [-0.2, 0) is 9.53 Å². The number of hydrogen-bond donors (Lipinski definition) is 2. The van der Waals surface area contributed by atoms with E-state index in [2.05, 4.69) is 6.92 Å². The highest BCUT2D eigenvalue weighted by molar-refractivity contribution is 5.73. The lowest BCUT2D eigenvalue weighted by Crippen LogP contribution is -2.36. The van der Waals surface area contributed by atoms with Crippen LogP contribution in [0, 0.1) is 5.92 Å². The minimum atomic E-state index is -0.806. The van der Waals surface area contributed by atoms with E-state index in [1.807, 2.05) is 6.08 Å². The molecule has 0 radical (unpaired) electrons. The summed E-state index contributed by atoms with van der Waals surface area (Å²) in [6.45, 7) is 3.76. The van der Waals surface area contributed by atoms with Crippen molar-refractivity contribution in [3.63, 3.8) is 0 Å². The summed E-state index contributed by atoms with van der Waals surface area (Å²) in [4.78, 5) is 11.9. The fourth-order valence-corrected chi connectivity index (χ4v) is 2.18. The molecule has 0 saturated carbocycles. The van der Waals surface area contributed by atoms with Gasteiger partial charge in [-0.25, -0.2) is 0 Å². The maximum Gasteiger partial charge on any atom is 0.311 e. The second-order valence-electron chi connectivity index (χ2n) is 5.32. The molecule has 1 aliphatic heterocycles. The summed E-state index contributed by atoms with van der Waals surface area (Å²) in [6, 6.07) is 0. The van der Waals surface area contributed by atoms with Crippen molar-refractivity contribution < 1.29 is 19.7 Å². The molecule has 110 valence electrons. The van der Waals surface area contributed by atoms with Crippen LogP contribution in [0.25, 0.3) is 0 Å². The molecule has 1 aliphatic rings. The van der Waals surface area contributed by atoms with Gasteiger partial charge in [0.25, 0.3) is 0 Å². The van der Waals surface area contributed by atoms with Gasteiger partial charge in [0.1, 0.15) is 6.10 Å². The zero-order valence-corrected chi connectivity index (χ0v) is 11.9. The van der Waals surface area contributed by atoms with E-state index in [9.17, 15) is 15.0 Å². The maximum absolute atomic E-state index is 11.9. The molecule has 4 heteroatoms. The van der Waals surface area contributed by atoms with E-state index in [0.717, 1.165) is 19.3 Å². The number of cyclic esters (lactones) is 1. The molecule has 0 aliphatic carbocycles. The van der Waals surface area contributed by atoms with E-state index in [1.54, 1.807) is 13.0 Å². The Morgan fingerprint density at radius 3 is 2.79 bits per heavy atom. The number of ether oxygens (including phenoxy) is 1. The first-order valence-electron chi connectivity index (χ1n) is 7.29. The molecule has 1 heterocycles. The SMILES string of the molecule is CCCCC[C@H]1OC(=O)[C@@H](C)[C@H](O)/C=C/CC[C@@H]1O. The van der Waals surface area contributed by atoms with Crippen LogP contribution in [0.2, 0.25) is 0 Å². The number of aliphatic hydroxyl groups excluding tert-OH is 2. The molecule has 0 spiro atoms. The maximum atomic E-state index is 11.9. The van der Waals surface area contributed by atoms with Crippen molar-refractivity contribution in [2.75, 3.05) is 0 Å². The van der Waals surface area contributed by atoms with Gasteiger partial charge in [-0.1, -0.05) is 31.9 Å². The highest BCUT2D eigenvalue weighted by atomic mass is 16.6. The summed E-state index contributed by atoms with van der Waals surface area (Å²) in [5.41, 5.74) is 0. The summed E-state index contributed by atoms with van der Waals surface area (Å²) < 4.78 is 5.39. The highest BCUT2D eigenvalue weighted by Crippen LogP contribution is 2.19. The third-order valence-corrected chi connectivity index (χ3v) is 3.64. The number of unbranched alkanes of at least 4 members (excludes halogenated alkanes) is 2. The summed E-state index contributed by atoms with van der Waals surface area (Å²) in [6.07, 6.45) is 6.60. The molecule has 0 aromatic heterocycles. The molecule has 19 heavy (non-hydrogen) atoms. The Balaban J connectivity index is 2.67. The van der Waals surface area contributed by atoms with Gasteiger partial charge in [0.05, 0.1) is 18.1 Å². The number of carbonyl (C=O) groups excluding carboxylic acids is 1. The fraction of sp³-hybridized carbons (Fsp3) is 0.800. The molecule has 0 fully saturated rings. The van der Waals surface area contributed by atoms with Gasteiger partial charge in [-0.3, -0.25) is 4.79 Å². The Morgan fingerprint density at radius 1 is 1.37 bits per heavy atom. The van der Waals surface area contributed by atoms with E-state index < -0.39 is 30.2 Å². The van der Waals surface area contributed by atoms with Crippen molar-refractivity contribution in [1.29, 1.82) is 0 Å². The molecule has 0 amide bonds. The lowest BCUT2D eigenvalue weighted by Gasteiger charge is -2.26. The summed E-state index contributed by atoms with van der Waals surface area (Å²) >= 11 is 0. The highest BCUT2D eigenvalue weighted by Gasteiger charge is 2.28. The van der Waals surface area contributed by atoms with Gasteiger partial charge in [-0.15, -0.1) is 0 Å². The average molecular weight is 270 g/mol. The van der Waals surface area contributed by atoms with Gasteiger partial charge in [0.2, 0.25) is 0 Å². The molecule has 0 aromatic rings. The molecule has 2 N–H and O–H groups in total. The Hall–Kier alpha value is -0.870. The molecule has 4 nitrogen and oxygen atoms in total. The standard InChI is InChI=1S/C15H26O4/c1-3-4-5-10-14-13(17)9-7-6-8-12(16)11(2)15(18)19-14/h6,8,11-14,16-17H,3-5,7,9-10H2,1-2H3/b8-6+/t11-,12+,13-,14+/m0/s1. The zero-order valence-electron chi connectivity index (χ0n) is 11.9. The largest absolute Gasteiger partial charge is 0.459 e. The Bertz CT molecular complexity index is 301. The Labute approximate surface area is 115 Å². The third kappa shape index (κ3) is 5.33. The molecule has 0 bridgehead atoms. The summed E-state index contributed by atoms with van der Waals surface area (Å²) in [7, 11) is 0. The van der Waals surface area contributed by atoms with Crippen LogP contribution in [-0.4, -0.2) is 34.5 Å². The van der Waals surface area contributed by atoms with Crippen molar-refractivity contribution in [2.45, 2.75) is 70.7 Å². The van der Waals surface area contributed by atoms with E-state index in [-0.39, 0.29) is 0 Å². The minimum Gasteiger partial charge on any atom is -0.459 e. The Morgan fingerprint density at radius 2 is 2.11 bits per heavy atom. The number of hydrogen-bond acceptors (Lipinski definition) is 4. The van der Waals surface area contributed by atoms with Crippen LogP contribution in [0.1, 0.15) is 52.4 Å². The average Bonchev–Trinajstić information content (AvgIpc) is 2.40. The fourth-order valence-electron chi connectivity index (χ4n) is 2.18. The Kier molecular flexibility index (Phi) is 7.10. The smallest absolute Gasteiger partial charge is 0.311 e. The molecule has 0 saturated heterocycles. The zero-order chi connectivity index (χ0) is 14.3. The van der Waals surface area contributed by atoms with Crippen molar-refractivity contribution in [3.05, 3.63) is 12.2 Å². The third-order valence-electron chi connectivity index (χ3n) is 3.64. The van der Waals surface area contributed by atoms with Crippen LogP contribution < -0.4 is 0 Å². The van der Waals surface area contributed by atoms with E-state index >= 15 is 0 Å². The van der Waals surface area contributed by atoms with E-state index in [0.29, 0.717) is 19.3 Å². The predicted molar refractivity (Wildman–Crippen MR) is 73.6 cm³/mol. The number of allylic oxidation sites excluding steroid dienone is 1. The molecule has 0 aromatic carbocycles. The number of rotatable bonds is 4. The number of carbonyl (C=O) groups is 1. The van der Waals surface area contributed by atoms with Crippen LogP contribution >= 0.6 is 0 Å². The number of esters is 1. The van der Waals surface area contributed by atoms with Gasteiger partial charge >= 0.3 is 5.97 Å². The molecule has 1 rings (SSSR count). The van der Waals surface area contributed by atoms with E-state index in [4.69, 9.17) is 4.74 Å². The normalized spacial score (nSPS) is 34.6. The van der Waals surface area contributed by atoms with Gasteiger partial charge in [-0.2, -0.15) is 0 Å². The topological polar surface area (TPSA) is 66.8 Å². The predicted octanol–water partition coefficient (Wildman–Crippen LogP) is 2.19. The second kappa shape index (κ2) is 8.33. The van der Waals surface area contributed by atoms with Crippen LogP contribution in [0.4, 0.5) is 0 Å². The first-order chi connectivity index (χ1) is 9.06. The van der Waals surface area contributed by atoms with Crippen LogP contribution in [0.5, 0.6) is 0 Å². The molecular formula is C15H26O4. The second-order valence-corrected chi connectivity index (χ2v) is 5.32. The minimum absolute atomic E-state index is 0.431. The summed E-state index contributed by atoms with van der Waals surface area (Å²) in [5, 5.41) is 19.9. The summed E-state index contributed by atoms with van der Waals surface area (Å²) in [5.74, 6) is -1.02. The van der Waals surface area contributed by atoms with Crippen LogP contribution in [0.15, 0.2) is 12.2 Å². The van der Waals surface area contributed by atoms with Crippen molar-refractivity contribution in [2.24, 2.45) is 5.92 Å². The quantitative estimate of drug-likeness (QED) is 0.467. The molecular weight excluding hydrogens is 244 g/mol. The first kappa shape index (κ1) is 16.2. The monoisotopic (exact) mass is 270 g/mol. The molecule has 0 unspecified atom stereocenters. The van der Waals surface area contributed by atoms with Gasteiger partial charge in [0.15, 0.2) is 0 Å². The molecule has 4 atom stereocenters. The first-order valence-corrected chi connectivity index (χ1v) is 7.29. The lowest BCUT2D eigenvalue weighted by molar-refractivity contribution is -0.163. The van der Waals surface area contributed by atoms with Gasteiger partial charge in [-0.05, 0) is 32.6 Å². The van der Waals surface area contributed by atoms with E-state index in [1.165, 1.54) is 0 Å². The van der Waals surface area contributed by atoms with Crippen molar-refractivity contribution >= 4 is 5.97 Å². The van der Waals surface area contributed by atoms with Gasteiger partial charge in [0, 0.05) is 0 Å². The van der Waals surface area contributed by atoms with Gasteiger partial charge < -0.3 is 14.9 Å². The lowest BCUT2D eigenvalue weighted by atomic mass is 9.98. The number of aliphatic hydroxyl groups is 2. The van der Waals surface area contributed by atoms with Crippen molar-refractivity contribution in [3.8, 4) is 0 Å².